The summed E-state index contributed by atoms with van der Waals surface area (Å²) in [5.74, 6) is -1.63. The highest BCUT2D eigenvalue weighted by Crippen LogP contribution is 2.27. The van der Waals surface area contributed by atoms with E-state index in [2.05, 4.69) is 5.32 Å². The number of amides is 1. The Kier molecular flexibility index (Phi) is 7.01. The van der Waals surface area contributed by atoms with E-state index in [1.54, 1.807) is 13.8 Å². The lowest BCUT2D eigenvalue weighted by Crippen LogP contribution is -2.49. The van der Waals surface area contributed by atoms with Gasteiger partial charge in [-0.3, -0.25) is 9.10 Å². The Bertz CT molecular complexity index is 952. The van der Waals surface area contributed by atoms with Crippen LogP contribution >= 0.6 is 11.6 Å². The monoisotopic (exact) mass is 430 g/mol. The van der Waals surface area contributed by atoms with Crippen molar-refractivity contribution in [2.75, 3.05) is 10.6 Å². The van der Waals surface area contributed by atoms with Crippen LogP contribution < -0.4 is 9.62 Å². The minimum Gasteiger partial charge on any atom is -0.348 e. The van der Waals surface area contributed by atoms with Gasteiger partial charge < -0.3 is 5.32 Å². The van der Waals surface area contributed by atoms with Gasteiger partial charge >= 0.3 is 0 Å². The van der Waals surface area contributed by atoms with Crippen molar-refractivity contribution in [2.24, 2.45) is 0 Å². The van der Waals surface area contributed by atoms with Crippen LogP contribution in [-0.4, -0.2) is 26.6 Å². The molecule has 0 aliphatic rings. The Hall–Kier alpha value is -2.19. The third kappa shape index (κ3) is 5.20. The highest BCUT2D eigenvalue weighted by Gasteiger charge is 2.32. The van der Waals surface area contributed by atoms with E-state index in [4.69, 9.17) is 11.6 Å². The predicted octanol–water partition coefficient (Wildman–Crippen LogP) is 4.04. The number of hydrogen-bond donors (Lipinski definition) is 1. The molecule has 5 nitrogen and oxygen atoms in total. The molecule has 2 aromatic rings. The van der Waals surface area contributed by atoms with Crippen LogP contribution in [-0.2, 0) is 14.8 Å². The van der Waals surface area contributed by atoms with Crippen molar-refractivity contribution in [3.05, 3.63) is 64.7 Å². The molecule has 0 bridgehead atoms. The molecule has 0 aliphatic carbocycles. The van der Waals surface area contributed by atoms with Crippen LogP contribution in [0.3, 0.4) is 0 Å². The zero-order valence-corrected chi connectivity index (χ0v) is 17.2. The van der Waals surface area contributed by atoms with E-state index in [1.165, 1.54) is 30.3 Å². The smallest absolute Gasteiger partial charge is 0.244 e. The highest BCUT2D eigenvalue weighted by atomic mass is 35.5. The summed E-state index contributed by atoms with van der Waals surface area (Å²) >= 11 is 5.78. The second kappa shape index (κ2) is 8.87. The molecule has 0 saturated heterocycles. The third-order valence-electron chi connectivity index (χ3n) is 4.22. The van der Waals surface area contributed by atoms with Crippen LogP contribution in [0, 0.1) is 11.6 Å². The van der Waals surface area contributed by atoms with Crippen molar-refractivity contribution < 1.29 is 22.0 Å². The first-order valence-electron chi connectivity index (χ1n) is 8.55. The second-order valence-electron chi connectivity index (χ2n) is 6.36. The fourth-order valence-corrected chi connectivity index (χ4v) is 4.21. The lowest BCUT2D eigenvalue weighted by atomic mass is 10.1. The van der Waals surface area contributed by atoms with Crippen molar-refractivity contribution in [3.63, 3.8) is 0 Å². The zero-order chi connectivity index (χ0) is 21.1. The maximum Gasteiger partial charge on any atom is 0.244 e. The van der Waals surface area contributed by atoms with Crippen LogP contribution in [0.5, 0.6) is 0 Å². The number of halogens is 3. The lowest BCUT2D eigenvalue weighted by Gasteiger charge is -2.31. The molecule has 0 aromatic heterocycles. The first kappa shape index (κ1) is 22.1. The van der Waals surface area contributed by atoms with Crippen LogP contribution in [0.4, 0.5) is 14.5 Å². The number of nitrogens with zero attached hydrogens (tertiary/aromatic N) is 1. The van der Waals surface area contributed by atoms with Gasteiger partial charge in [0.15, 0.2) is 0 Å². The van der Waals surface area contributed by atoms with Crippen molar-refractivity contribution in [1.82, 2.24) is 5.32 Å². The molecule has 0 spiro atoms. The fraction of sp³-hybridized carbons (Fsp3) is 0.316. The van der Waals surface area contributed by atoms with Gasteiger partial charge in [0.2, 0.25) is 15.9 Å². The first-order chi connectivity index (χ1) is 13.0. The van der Waals surface area contributed by atoms with Gasteiger partial charge in [0.1, 0.15) is 17.7 Å². The molecule has 1 N–H and O–H groups in total. The lowest BCUT2D eigenvalue weighted by molar-refractivity contribution is -0.122. The maximum atomic E-state index is 13.5. The third-order valence-corrected chi connectivity index (χ3v) is 5.69. The van der Waals surface area contributed by atoms with Crippen molar-refractivity contribution in [3.8, 4) is 0 Å². The molecule has 0 fully saturated rings. The minimum atomic E-state index is -3.87. The zero-order valence-electron chi connectivity index (χ0n) is 15.6. The second-order valence-corrected chi connectivity index (χ2v) is 8.63. The molecule has 0 radical (unpaired) electrons. The Labute approximate surface area is 168 Å². The predicted molar refractivity (Wildman–Crippen MR) is 106 cm³/mol. The van der Waals surface area contributed by atoms with Crippen molar-refractivity contribution >= 4 is 33.2 Å². The van der Waals surface area contributed by atoms with Gasteiger partial charge in [-0.25, -0.2) is 17.2 Å². The summed E-state index contributed by atoms with van der Waals surface area (Å²) in [7, 11) is -3.87. The molecule has 0 aliphatic heterocycles. The molecule has 0 heterocycles. The molecule has 2 atom stereocenters. The molecule has 2 rings (SSSR count). The van der Waals surface area contributed by atoms with E-state index in [0.29, 0.717) is 5.56 Å². The summed E-state index contributed by atoms with van der Waals surface area (Å²) in [6.07, 6.45) is 1.13. The quantitative estimate of drug-likeness (QED) is 0.720. The average molecular weight is 431 g/mol. The number of anilines is 1. The van der Waals surface area contributed by atoms with Crippen LogP contribution in [0.15, 0.2) is 42.5 Å². The maximum absolute atomic E-state index is 13.5. The molecule has 2 aromatic carbocycles. The Morgan fingerprint density at radius 1 is 1.18 bits per heavy atom. The number of hydrogen-bond acceptors (Lipinski definition) is 3. The molecular weight excluding hydrogens is 410 g/mol. The van der Waals surface area contributed by atoms with Crippen molar-refractivity contribution in [1.29, 1.82) is 0 Å². The number of nitrogens with one attached hydrogen (secondary N) is 1. The summed E-state index contributed by atoms with van der Waals surface area (Å²) in [5, 5.41) is 2.49. The van der Waals surface area contributed by atoms with E-state index in [-0.39, 0.29) is 17.1 Å². The fourth-order valence-electron chi connectivity index (χ4n) is 2.83. The normalized spacial score (nSPS) is 13.6. The van der Waals surface area contributed by atoms with E-state index in [0.717, 1.165) is 22.7 Å². The topological polar surface area (TPSA) is 66.5 Å². The molecule has 0 saturated carbocycles. The number of carbonyl (C=O) groups excluding carboxylic acids is 1. The number of benzene rings is 2. The molecule has 0 unspecified atom stereocenters. The van der Waals surface area contributed by atoms with E-state index in [1.807, 2.05) is 0 Å². The minimum absolute atomic E-state index is 0.0883. The Morgan fingerprint density at radius 2 is 1.79 bits per heavy atom. The van der Waals surface area contributed by atoms with Gasteiger partial charge in [0, 0.05) is 0 Å². The van der Waals surface area contributed by atoms with Gasteiger partial charge in [-0.05, 0) is 49.2 Å². The molecular formula is C19H21ClF2N2O3S. The van der Waals surface area contributed by atoms with Crippen LogP contribution in [0.2, 0.25) is 5.02 Å². The molecule has 1 amide bonds. The summed E-state index contributed by atoms with van der Waals surface area (Å²) < 4.78 is 52.3. The summed E-state index contributed by atoms with van der Waals surface area (Å²) in [6, 6.07) is 7.54. The summed E-state index contributed by atoms with van der Waals surface area (Å²) in [5.41, 5.74) is 0.755. The van der Waals surface area contributed by atoms with Gasteiger partial charge in [0.05, 0.1) is 23.0 Å². The first-order valence-corrected chi connectivity index (χ1v) is 10.8. The molecule has 28 heavy (non-hydrogen) atoms. The van der Waals surface area contributed by atoms with Crippen LogP contribution in [0.25, 0.3) is 0 Å². The summed E-state index contributed by atoms with van der Waals surface area (Å²) in [6.45, 7) is 3.37. The van der Waals surface area contributed by atoms with Gasteiger partial charge in [-0.15, -0.1) is 0 Å². The number of carbonyl (C=O) groups is 1. The Balaban J connectivity index is 2.33. The summed E-state index contributed by atoms with van der Waals surface area (Å²) in [4.78, 5) is 12.8. The van der Waals surface area contributed by atoms with Gasteiger partial charge in [-0.1, -0.05) is 30.7 Å². The van der Waals surface area contributed by atoms with Gasteiger partial charge in [0.25, 0.3) is 0 Å². The Morgan fingerprint density at radius 3 is 2.29 bits per heavy atom. The van der Waals surface area contributed by atoms with Crippen molar-refractivity contribution in [2.45, 2.75) is 32.4 Å². The number of rotatable bonds is 7. The SMILES string of the molecule is CC[C@@H](C(=O)N[C@H](C)c1ccc(F)cc1)N(c1ccc(F)c(Cl)c1)S(C)(=O)=O. The highest BCUT2D eigenvalue weighted by molar-refractivity contribution is 7.92. The van der Waals surface area contributed by atoms with E-state index < -0.39 is 39.6 Å². The standard InChI is InChI=1S/C19H21ClF2N2O3S/c1-4-18(19(25)23-12(2)13-5-7-14(21)8-6-13)24(28(3,26)27)15-9-10-17(22)16(20)11-15/h5-12,18H,4H2,1-3H3,(H,23,25)/t12-,18+/m1/s1. The van der Waals surface area contributed by atoms with E-state index in [9.17, 15) is 22.0 Å². The van der Waals surface area contributed by atoms with Gasteiger partial charge in [-0.2, -0.15) is 0 Å². The molecule has 152 valence electrons. The average Bonchev–Trinajstić information content (AvgIpc) is 2.61. The largest absolute Gasteiger partial charge is 0.348 e. The molecule has 9 heteroatoms. The number of sulfonamides is 1. The van der Waals surface area contributed by atoms with Crippen LogP contribution in [0.1, 0.15) is 31.9 Å². The van der Waals surface area contributed by atoms with E-state index >= 15 is 0 Å².